The summed E-state index contributed by atoms with van der Waals surface area (Å²) in [4.78, 5) is 15.9. The molecule has 0 N–H and O–H groups in total. The predicted octanol–water partition coefficient (Wildman–Crippen LogP) is 0.985. The van der Waals surface area contributed by atoms with Crippen molar-refractivity contribution in [2.24, 2.45) is 0 Å². The van der Waals surface area contributed by atoms with Gasteiger partial charge in [-0.05, 0) is 19.3 Å². The van der Waals surface area contributed by atoms with Gasteiger partial charge < -0.3 is 4.90 Å². The van der Waals surface area contributed by atoms with Crippen LogP contribution in [0, 0.1) is 11.3 Å². The molecule has 2 fully saturated rings. The minimum Gasteiger partial charge on any atom is -0.344 e. The zero-order chi connectivity index (χ0) is 11.5. The molecule has 1 unspecified atom stereocenters. The molecule has 1 aliphatic carbocycles. The summed E-state index contributed by atoms with van der Waals surface area (Å²) in [5.74, 6) is 0.196. The lowest BCUT2D eigenvalue weighted by atomic mass is 10.1. The summed E-state index contributed by atoms with van der Waals surface area (Å²) in [5.41, 5.74) is 0. The Hall–Kier alpha value is -1.08. The fraction of sp³-hybridized carbons (Fsp3) is 0.833. The van der Waals surface area contributed by atoms with E-state index in [1.54, 1.807) is 4.90 Å². The van der Waals surface area contributed by atoms with Crippen LogP contribution in [-0.4, -0.2) is 47.9 Å². The summed E-state index contributed by atoms with van der Waals surface area (Å²) in [6, 6.07) is 2.64. The van der Waals surface area contributed by atoms with Gasteiger partial charge in [0.05, 0.1) is 18.7 Å². The summed E-state index contributed by atoms with van der Waals surface area (Å²) in [6.45, 7) is 1.23. The van der Waals surface area contributed by atoms with E-state index >= 15 is 0 Å². The largest absolute Gasteiger partial charge is 0.344 e. The zero-order valence-electron chi connectivity index (χ0n) is 9.85. The van der Waals surface area contributed by atoms with E-state index in [2.05, 4.69) is 11.0 Å². The summed E-state index contributed by atoms with van der Waals surface area (Å²) in [5, 5.41) is 8.89. The second kappa shape index (κ2) is 4.84. The fourth-order valence-electron chi connectivity index (χ4n) is 2.92. The predicted molar refractivity (Wildman–Crippen MR) is 60.6 cm³/mol. The molecule has 1 saturated carbocycles. The molecule has 2 aliphatic rings. The smallest absolute Gasteiger partial charge is 0.239 e. The first kappa shape index (κ1) is 11.4. The van der Waals surface area contributed by atoms with Crippen LogP contribution in [0.25, 0.3) is 0 Å². The Balaban J connectivity index is 2.07. The molecule has 1 heterocycles. The van der Waals surface area contributed by atoms with Gasteiger partial charge in [-0.15, -0.1) is 0 Å². The molecule has 0 spiro atoms. The Morgan fingerprint density at radius 1 is 1.44 bits per heavy atom. The van der Waals surface area contributed by atoms with Crippen LogP contribution in [0.15, 0.2) is 0 Å². The van der Waals surface area contributed by atoms with E-state index in [0.29, 0.717) is 12.6 Å². The summed E-state index contributed by atoms with van der Waals surface area (Å²) in [6.07, 6.45) is 5.66. The Labute approximate surface area is 96.8 Å². The number of nitriles is 1. The Kier molecular flexibility index (Phi) is 3.45. The van der Waals surface area contributed by atoms with Gasteiger partial charge in [0.2, 0.25) is 5.91 Å². The highest BCUT2D eigenvalue weighted by molar-refractivity contribution is 5.83. The lowest BCUT2D eigenvalue weighted by Crippen LogP contribution is -2.46. The number of amides is 1. The highest BCUT2D eigenvalue weighted by atomic mass is 16.2. The fourth-order valence-corrected chi connectivity index (χ4v) is 2.92. The van der Waals surface area contributed by atoms with E-state index in [0.717, 1.165) is 25.8 Å². The van der Waals surface area contributed by atoms with Gasteiger partial charge in [0, 0.05) is 19.6 Å². The van der Waals surface area contributed by atoms with Crippen molar-refractivity contribution in [3.8, 4) is 6.07 Å². The molecule has 0 aromatic carbocycles. The van der Waals surface area contributed by atoms with Crippen LogP contribution in [0.4, 0.5) is 0 Å². The number of nitrogens with zero attached hydrogens (tertiary/aromatic N) is 3. The minimum atomic E-state index is -0.0345. The number of likely N-dealkylation sites (N-methyl/N-ethyl adjacent to an activating group) is 1. The number of carbonyl (C=O) groups excluding carboxylic acids is 1. The van der Waals surface area contributed by atoms with Gasteiger partial charge in [-0.2, -0.15) is 5.26 Å². The monoisotopic (exact) mass is 221 g/mol. The van der Waals surface area contributed by atoms with Gasteiger partial charge in [-0.1, -0.05) is 12.8 Å². The summed E-state index contributed by atoms with van der Waals surface area (Å²) < 4.78 is 0. The van der Waals surface area contributed by atoms with Gasteiger partial charge >= 0.3 is 0 Å². The van der Waals surface area contributed by atoms with Crippen molar-refractivity contribution in [2.45, 2.75) is 44.2 Å². The first-order valence-corrected chi connectivity index (χ1v) is 6.11. The molecular weight excluding hydrogens is 202 g/mol. The number of rotatable bonds is 3. The van der Waals surface area contributed by atoms with Crippen molar-refractivity contribution in [3.05, 3.63) is 0 Å². The Morgan fingerprint density at radius 2 is 2.12 bits per heavy atom. The Morgan fingerprint density at radius 3 is 2.62 bits per heavy atom. The van der Waals surface area contributed by atoms with E-state index in [1.165, 1.54) is 12.8 Å². The highest BCUT2D eigenvalue weighted by Gasteiger charge is 2.37. The van der Waals surface area contributed by atoms with E-state index in [9.17, 15) is 4.79 Å². The third-order valence-corrected chi connectivity index (χ3v) is 3.85. The highest BCUT2D eigenvalue weighted by Crippen LogP contribution is 2.28. The van der Waals surface area contributed by atoms with Crippen LogP contribution in [0.5, 0.6) is 0 Å². The molecule has 2 rings (SSSR count). The van der Waals surface area contributed by atoms with E-state index in [4.69, 9.17) is 5.26 Å². The van der Waals surface area contributed by atoms with Crippen LogP contribution in [0.3, 0.4) is 0 Å². The lowest BCUT2D eigenvalue weighted by Gasteiger charge is -2.30. The number of carbonyl (C=O) groups is 1. The van der Waals surface area contributed by atoms with Crippen molar-refractivity contribution in [1.29, 1.82) is 5.26 Å². The molecule has 1 amide bonds. The van der Waals surface area contributed by atoms with E-state index in [-0.39, 0.29) is 11.9 Å². The van der Waals surface area contributed by atoms with Crippen LogP contribution < -0.4 is 0 Å². The average molecular weight is 221 g/mol. The minimum absolute atomic E-state index is 0.0345. The van der Waals surface area contributed by atoms with Gasteiger partial charge in [0.1, 0.15) is 0 Å². The second-order valence-electron chi connectivity index (χ2n) is 4.83. The summed E-state index contributed by atoms with van der Waals surface area (Å²) >= 11 is 0. The van der Waals surface area contributed by atoms with Crippen molar-refractivity contribution in [3.63, 3.8) is 0 Å². The molecule has 1 aliphatic heterocycles. The summed E-state index contributed by atoms with van der Waals surface area (Å²) in [7, 11) is 1.85. The third kappa shape index (κ3) is 2.05. The first-order valence-electron chi connectivity index (χ1n) is 6.11. The Bertz CT molecular complexity index is 304. The maximum atomic E-state index is 12.0. The quantitative estimate of drug-likeness (QED) is 0.668. The molecule has 0 aromatic heterocycles. The maximum absolute atomic E-state index is 12.0. The molecule has 1 atom stereocenters. The standard InChI is InChI=1S/C12H19N3O/c1-14-8-6-11(12(14)16)15(9-7-13)10-4-2-3-5-10/h10-11H,2-6,8-9H2,1H3. The maximum Gasteiger partial charge on any atom is 0.239 e. The van der Waals surface area contributed by atoms with Crippen LogP contribution in [-0.2, 0) is 4.79 Å². The number of likely N-dealkylation sites (tertiary alicyclic amines) is 1. The molecular formula is C12H19N3O. The zero-order valence-corrected chi connectivity index (χ0v) is 9.85. The van der Waals surface area contributed by atoms with Gasteiger partial charge in [-0.25, -0.2) is 0 Å². The van der Waals surface area contributed by atoms with Gasteiger partial charge in [0.15, 0.2) is 0 Å². The van der Waals surface area contributed by atoms with Crippen molar-refractivity contribution in [2.75, 3.05) is 20.1 Å². The molecule has 1 saturated heterocycles. The van der Waals surface area contributed by atoms with Crippen molar-refractivity contribution >= 4 is 5.91 Å². The van der Waals surface area contributed by atoms with Gasteiger partial charge in [0.25, 0.3) is 0 Å². The lowest BCUT2D eigenvalue weighted by molar-refractivity contribution is -0.131. The molecule has 0 aromatic rings. The molecule has 0 radical (unpaired) electrons. The number of hydrogen-bond donors (Lipinski definition) is 0. The molecule has 16 heavy (non-hydrogen) atoms. The molecule has 0 bridgehead atoms. The van der Waals surface area contributed by atoms with Crippen molar-refractivity contribution < 1.29 is 4.79 Å². The molecule has 88 valence electrons. The van der Waals surface area contributed by atoms with Gasteiger partial charge in [-0.3, -0.25) is 9.69 Å². The first-order chi connectivity index (χ1) is 7.74. The third-order valence-electron chi connectivity index (χ3n) is 3.85. The molecule has 4 nitrogen and oxygen atoms in total. The normalized spacial score (nSPS) is 26.7. The van der Waals surface area contributed by atoms with E-state index in [1.807, 2.05) is 7.05 Å². The second-order valence-corrected chi connectivity index (χ2v) is 4.83. The van der Waals surface area contributed by atoms with Crippen LogP contribution in [0.1, 0.15) is 32.1 Å². The molecule has 4 heteroatoms. The van der Waals surface area contributed by atoms with Crippen LogP contribution in [0.2, 0.25) is 0 Å². The van der Waals surface area contributed by atoms with Crippen molar-refractivity contribution in [1.82, 2.24) is 9.80 Å². The average Bonchev–Trinajstić information content (AvgIpc) is 2.89. The number of hydrogen-bond acceptors (Lipinski definition) is 3. The SMILES string of the molecule is CN1CCC(N(CC#N)C2CCCC2)C1=O. The van der Waals surface area contributed by atoms with Crippen LogP contribution >= 0.6 is 0 Å². The van der Waals surface area contributed by atoms with E-state index < -0.39 is 0 Å². The topological polar surface area (TPSA) is 47.3 Å².